The van der Waals surface area contributed by atoms with Gasteiger partial charge in [0.1, 0.15) is 0 Å². The molecule has 18 heavy (non-hydrogen) atoms. The molecule has 1 saturated carbocycles. The second kappa shape index (κ2) is 5.83. The van der Waals surface area contributed by atoms with Gasteiger partial charge >= 0.3 is 0 Å². The average molecular weight is 311 g/mol. The number of likely N-dealkylation sites (N-methyl/N-ethyl adjacent to an activating group) is 1. The normalized spacial score (nSPS) is 16.4. The fourth-order valence-electron chi connectivity index (χ4n) is 1.36. The lowest BCUT2D eigenvalue weighted by molar-refractivity contribution is 0.117. The second-order valence-corrected chi connectivity index (χ2v) is 8.16. The van der Waals surface area contributed by atoms with E-state index in [9.17, 15) is 8.42 Å². The first-order chi connectivity index (χ1) is 8.50. The van der Waals surface area contributed by atoms with Crippen molar-refractivity contribution in [3.05, 3.63) is 10.7 Å². The van der Waals surface area contributed by atoms with Gasteiger partial charge in [0.2, 0.25) is 0 Å². The highest BCUT2D eigenvalue weighted by Crippen LogP contribution is 2.28. The van der Waals surface area contributed by atoms with Crippen LogP contribution in [0.4, 0.5) is 0 Å². The Morgan fingerprint density at radius 3 is 2.89 bits per heavy atom. The number of hydrogen-bond donors (Lipinski definition) is 0. The summed E-state index contributed by atoms with van der Waals surface area (Å²) in [6.07, 6.45) is 3.74. The van der Waals surface area contributed by atoms with Crippen molar-refractivity contribution >= 4 is 33.0 Å². The van der Waals surface area contributed by atoms with Crippen LogP contribution in [0.2, 0.25) is 4.47 Å². The minimum absolute atomic E-state index is 0.164. The molecule has 1 aliphatic carbocycles. The van der Waals surface area contributed by atoms with Crippen LogP contribution in [-0.2, 0) is 14.8 Å². The molecule has 0 bridgehead atoms. The predicted octanol–water partition coefficient (Wildman–Crippen LogP) is 1.84. The number of sulfonamides is 1. The van der Waals surface area contributed by atoms with Crippen LogP contribution < -0.4 is 0 Å². The lowest BCUT2D eigenvalue weighted by atomic mass is 10.5. The lowest BCUT2D eigenvalue weighted by Crippen LogP contribution is -2.30. The zero-order chi connectivity index (χ0) is 13.2. The van der Waals surface area contributed by atoms with E-state index in [1.165, 1.54) is 30.4 Å². The van der Waals surface area contributed by atoms with Crippen LogP contribution in [0, 0.1) is 5.92 Å². The summed E-state index contributed by atoms with van der Waals surface area (Å²) in [7, 11) is -1.95. The molecule has 0 radical (unpaired) electrons. The lowest BCUT2D eigenvalue weighted by Gasteiger charge is -2.15. The molecule has 0 spiro atoms. The van der Waals surface area contributed by atoms with Gasteiger partial charge in [-0.05, 0) is 18.8 Å². The molecule has 1 fully saturated rings. The van der Waals surface area contributed by atoms with Crippen molar-refractivity contribution in [2.45, 2.75) is 17.1 Å². The minimum atomic E-state index is -3.48. The van der Waals surface area contributed by atoms with E-state index in [2.05, 4.69) is 4.98 Å². The largest absolute Gasteiger partial charge is 0.380 e. The molecule has 5 nitrogen and oxygen atoms in total. The maximum absolute atomic E-state index is 12.1. The van der Waals surface area contributed by atoms with Gasteiger partial charge in [0.25, 0.3) is 10.0 Å². The number of aromatic nitrogens is 1. The Bertz CT molecular complexity index is 499. The Kier molecular flexibility index (Phi) is 4.60. The molecule has 0 aromatic carbocycles. The van der Waals surface area contributed by atoms with Gasteiger partial charge in [-0.3, -0.25) is 0 Å². The van der Waals surface area contributed by atoms with Gasteiger partial charge in [-0.25, -0.2) is 13.4 Å². The first-order valence-electron chi connectivity index (χ1n) is 5.65. The van der Waals surface area contributed by atoms with Crippen molar-refractivity contribution in [2.24, 2.45) is 5.92 Å². The van der Waals surface area contributed by atoms with Gasteiger partial charge in [0.15, 0.2) is 8.68 Å². The van der Waals surface area contributed by atoms with E-state index in [0.717, 1.165) is 17.9 Å². The smallest absolute Gasteiger partial charge is 0.254 e. The Labute approximate surface area is 116 Å². The number of rotatable bonds is 7. The third-order valence-corrected chi connectivity index (χ3v) is 6.13. The van der Waals surface area contributed by atoms with Gasteiger partial charge in [-0.2, -0.15) is 4.31 Å². The Balaban J connectivity index is 1.84. The number of hydrogen-bond acceptors (Lipinski definition) is 5. The Morgan fingerprint density at radius 1 is 1.61 bits per heavy atom. The van der Waals surface area contributed by atoms with Crippen LogP contribution in [0.25, 0.3) is 0 Å². The first-order valence-corrected chi connectivity index (χ1v) is 8.29. The molecular formula is C10H15ClN2O3S2. The van der Waals surface area contributed by atoms with E-state index in [1.807, 2.05) is 0 Å². The number of thiazole rings is 1. The summed E-state index contributed by atoms with van der Waals surface area (Å²) in [4.78, 5) is 3.74. The Hall–Kier alpha value is -0.210. The van der Waals surface area contributed by atoms with Gasteiger partial charge in [-0.15, -0.1) is 0 Å². The van der Waals surface area contributed by atoms with Gasteiger partial charge in [0, 0.05) is 20.2 Å². The molecular weight excluding hydrogens is 296 g/mol. The van der Waals surface area contributed by atoms with Gasteiger partial charge < -0.3 is 4.74 Å². The third kappa shape index (κ3) is 3.64. The van der Waals surface area contributed by atoms with Gasteiger partial charge in [-0.1, -0.05) is 22.9 Å². The van der Waals surface area contributed by atoms with E-state index in [1.54, 1.807) is 0 Å². The predicted molar refractivity (Wildman–Crippen MR) is 70.5 cm³/mol. The van der Waals surface area contributed by atoms with Crippen LogP contribution in [0.5, 0.6) is 0 Å². The molecule has 0 amide bonds. The van der Waals surface area contributed by atoms with Crippen molar-refractivity contribution < 1.29 is 13.2 Å². The summed E-state index contributed by atoms with van der Waals surface area (Å²) in [6.45, 7) is 1.49. The number of nitrogens with zero attached hydrogens (tertiary/aromatic N) is 2. The second-order valence-electron chi connectivity index (χ2n) is 4.28. The molecule has 1 aromatic heterocycles. The van der Waals surface area contributed by atoms with Crippen molar-refractivity contribution in [3.8, 4) is 0 Å². The summed E-state index contributed by atoms with van der Waals surface area (Å²) in [5.74, 6) is 0.687. The summed E-state index contributed by atoms with van der Waals surface area (Å²) in [6, 6.07) is 0. The summed E-state index contributed by atoms with van der Waals surface area (Å²) >= 11 is 6.60. The molecule has 0 saturated heterocycles. The SMILES string of the molecule is CN(CCOCC1CC1)S(=O)(=O)c1cnc(Cl)s1. The number of ether oxygens (including phenoxy) is 1. The maximum atomic E-state index is 12.1. The molecule has 0 atom stereocenters. The molecule has 0 unspecified atom stereocenters. The topological polar surface area (TPSA) is 59.5 Å². The maximum Gasteiger partial charge on any atom is 0.254 e. The Morgan fingerprint density at radius 2 is 2.33 bits per heavy atom. The molecule has 0 aliphatic heterocycles. The molecule has 2 rings (SSSR count). The van der Waals surface area contributed by atoms with Crippen LogP contribution >= 0.6 is 22.9 Å². The molecule has 0 N–H and O–H groups in total. The number of halogens is 1. The van der Waals surface area contributed by atoms with Crippen LogP contribution in [0.15, 0.2) is 10.4 Å². The van der Waals surface area contributed by atoms with E-state index < -0.39 is 10.0 Å². The quantitative estimate of drug-likeness (QED) is 0.721. The first kappa shape index (κ1) is 14.2. The average Bonchev–Trinajstić information content (AvgIpc) is 3.04. The monoisotopic (exact) mass is 310 g/mol. The van der Waals surface area contributed by atoms with Crippen LogP contribution in [0.3, 0.4) is 0 Å². The molecule has 1 aromatic rings. The van der Waals surface area contributed by atoms with Crippen LogP contribution in [-0.4, -0.2) is 44.5 Å². The van der Waals surface area contributed by atoms with E-state index in [-0.39, 0.29) is 8.68 Å². The molecule has 1 heterocycles. The summed E-state index contributed by atoms with van der Waals surface area (Å²) < 4.78 is 31.2. The highest BCUT2D eigenvalue weighted by Gasteiger charge is 2.24. The molecule has 102 valence electrons. The zero-order valence-electron chi connectivity index (χ0n) is 10.0. The highest BCUT2D eigenvalue weighted by molar-refractivity contribution is 7.91. The molecule has 1 aliphatic rings. The van der Waals surface area contributed by atoms with Gasteiger partial charge in [0.05, 0.1) is 12.8 Å². The van der Waals surface area contributed by atoms with Crippen molar-refractivity contribution in [2.75, 3.05) is 26.8 Å². The fourth-order valence-corrected chi connectivity index (χ4v) is 4.02. The van der Waals surface area contributed by atoms with E-state index in [0.29, 0.717) is 19.1 Å². The van der Waals surface area contributed by atoms with E-state index >= 15 is 0 Å². The fraction of sp³-hybridized carbons (Fsp3) is 0.700. The minimum Gasteiger partial charge on any atom is -0.380 e. The third-order valence-electron chi connectivity index (χ3n) is 2.72. The summed E-state index contributed by atoms with van der Waals surface area (Å²) in [5.41, 5.74) is 0. The van der Waals surface area contributed by atoms with Crippen LogP contribution in [0.1, 0.15) is 12.8 Å². The van der Waals surface area contributed by atoms with Crippen molar-refractivity contribution in [1.82, 2.24) is 9.29 Å². The zero-order valence-corrected chi connectivity index (χ0v) is 12.4. The summed E-state index contributed by atoms with van der Waals surface area (Å²) in [5, 5.41) is 0. The molecule has 8 heteroatoms. The van der Waals surface area contributed by atoms with Crippen molar-refractivity contribution in [1.29, 1.82) is 0 Å². The van der Waals surface area contributed by atoms with Crippen molar-refractivity contribution in [3.63, 3.8) is 0 Å². The standard InChI is InChI=1S/C10H15ClN2O3S2/c1-13(4-5-16-7-8-2-3-8)18(14,15)9-6-12-10(11)17-9/h6,8H,2-5,7H2,1H3. The van der Waals surface area contributed by atoms with E-state index in [4.69, 9.17) is 16.3 Å². The highest BCUT2D eigenvalue weighted by atomic mass is 35.5.